The predicted molar refractivity (Wildman–Crippen MR) is 87.3 cm³/mol. The van der Waals surface area contributed by atoms with E-state index in [2.05, 4.69) is 17.0 Å². The summed E-state index contributed by atoms with van der Waals surface area (Å²) in [6.07, 6.45) is 0.890. The summed E-state index contributed by atoms with van der Waals surface area (Å²) in [6, 6.07) is 0. The van der Waals surface area contributed by atoms with Gasteiger partial charge in [-0.15, -0.1) is 11.3 Å². The minimum absolute atomic E-state index is 0.134. The molecule has 0 amide bonds. The maximum atomic E-state index is 12.5. The highest BCUT2D eigenvalue weighted by Crippen LogP contribution is 2.26. The zero-order valence-electron chi connectivity index (χ0n) is 13.2. The highest BCUT2D eigenvalue weighted by Gasteiger charge is 2.23. The molecule has 0 spiro atoms. The summed E-state index contributed by atoms with van der Waals surface area (Å²) in [7, 11) is -3.49. The van der Waals surface area contributed by atoms with Gasteiger partial charge in [-0.1, -0.05) is 6.92 Å². The average Bonchev–Trinajstić information content (AvgIpc) is 2.79. The van der Waals surface area contributed by atoms with Crippen LogP contribution in [-0.4, -0.2) is 34.2 Å². The molecule has 1 rings (SSSR count). The Morgan fingerprint density at radius 1 is 1.38 bits per heavy atom. The molecule has 0 aliphatic rings. The second kappa shape index (κ2) is 8.85. The molecule has 0 radical (unpaired) electrons. The normalized spacial score (nSPS) is 13.5. The molecule has 1 heterocycles. The van der Waals surface area contributed by atoms with E-state index in [-0.39, 0.29) is 12.6 Å². The third kappa shape index (κ3) is 5.67. The van der Waals surface area contributed by atoms with Crippen LogP contribution in [0.3, 0.4) is 0 Å². The lowest BCUT2D eigenvalue weighted by atomic mass is 10.3. The predicted octanol–water partition coefficient (Wildman–Crippen LogP) is 2.26. The third-order valence-corrected chi connectivity index (χ3v) is 5.87. The molecule has 0 bridgehead atoms. The summed E-state index contributed by atoms with van der Waals surface area (Å²) in [5.74, 6) is 0. The largest absolute Gasteiger partial charge is 0.377 e. The van der Waals surface area contributed by atoms with Crippen LogP contribution in [0.1, 0.15) is 37.6 Å². The molecule has 1 unspecified atom stereocenters. The van der Waals surface area contributed by atoms with E-state index in [0.717, 1.165) is 23.4 Å². The Morgan fingerprint density at radius 2 is 2.10 bits per heavy atom. The fourth-order valence-corrected chi connectivity index (χ4v) is 4.88. The number of sulfonamides is 1. The van der Waals surface area contributed by atoms with Crippen molar-refractivity contribution in [3.05, 3.63) is 15.8 Å². The Balaban J connectivity index is 2.79. The molecule has 122 valence electrons. The topological polar surface area (TPSA) is 67.4 Å². The number of thiophene rings is 1. The quantitative estimate of drug-likeness (QED) is 0.644. The summed E-state index contributed by atoms with van der Waals surface area (Å²) in [4.78, 5) is 1.28. The molecule has 0 aromatic carbocycles. The molecular formula is C14H26N2O3S2. The summed E-state index contributed by atoms with van der Waals surface area (Å²) in [6.45, 7) is 10.00. The number of hydrogen-bond donors (Lipinski definition) is 2. The van der Waals surface area contributed by atoms with Crippen molar-refractivity contribution >= 4 is 21.4 Å². The maximum Gasteiger partial charge on any atom is 0.242 e. The number of nitrogens with one attached hydrogen (secondary N) is 2. The molecule has 1 atom stereocenters. The summed E-state index contributed by atoms with van der Waals surface area (Å²) in [5, 5.41) is 5.15. The van der Waals surface area contributed by atoms with E-state index in [4.69, 9.17) is 4.74 Å². The van der Waals surface area contributed by atoms with E-state index < -0.39 is 10.0 Å². The zero-order valence-corrected chi connectivity index (χ0v) is 14.9. The van der Waals surface area contributed by atoms with Gasteiger partial charge in [-0.2, -0.15) is 0 Å². The molecule has 1 aromatic heterocycles. The van der Waals surface area contributed by atoms with E-state index in [1.54, 1.807) is 0 Å². The lowest BCUT2D eigenvalue weighted by Gasteiger charge is -2.14. The molecule has 0 saturated heterocycles. The van der Waals surface area contributed by atoms with Gasteiger partial charge in [0.25, 0.3) is 0 Å². The highest BCUT2D eigenvalue weighted by atomic mass is 32.2. The smallest absolute Gasteiger partial charge is 0.242 e. The van der Waals surface area contributed by atoms with Crippen LogP contribution in [0, 0.1) is 6.92 Å². The molecule has 5 nitrogen and oxygen atoms in total. The van der Waals surface area contributed by atoms with Crippen molar-refractivity contribution < 1.29 is 13.2 Å². The second-order valence-corrected chi connectivity index (χ2v) is 7.63. The van der Waals surface area contributed by atoms with Gasteiger partial charge in [0.2, 0.25) is 10.0 Å². The summed E-state index contributed by atoms with van der Waals surface area (Å²) in [5.41, 5.74) is 0.796. The molecule has 1 aromatic rings. The van der Waals surface area contributed by atoms with E-state index in [9.17, 15) is 8.42 Å². The molecule has 2 N–H and O–H groups in total. The second-order valence-electron chi connectivity index (χ2n) is 4.97. The zero-order chi connectivity index (χ0) is 15.9. The van der Waals surface area contributed by atoms with Crippen LogP contribution in [0.2, 0.25) is 0 Å². The van der Waals surface area contributed by atoms with Crippen LogP contribution in [0.25, 0.3) is 0 Å². The van der Waals surface area contributed by atoms with Gasteiger partial charge in [0.05, 0.1) is 6.10 Å². The molecule has 0 saturated carbocycles. The number of aryl methyl sites for hydroxylation is 1. The van der Waals surface area contributed by atoms with E-state index in [0.29, 0.717) is 18.0 Å². The van der Waals surface area contributed by atoms with Crippen molar-refractivity contribution in [3.8, 4) is 0 Å². The van der Waals surface area contributed by atoms with Crippen molar-refractivity contribution in [3.63, 3.8) is 0 Å². The van der Waals surface area contributed by atoms with Crippen molar-refractivity contribution in [2.45, 2.75) is 51.7 Å². The van der Waals surface area contributed by atoms with Crippen molar-refractivity contribution in [1.82, 2.24) is 10.0 Å². The van der Waals surface area contributed by atoms with Gasteiger partial charge in [0.1, 0.15) is 4.90 Å². The average molecular weight is 335 g/mol. The van der Waals surface area contributed by atoms with Gasteiger partial charge in [-0.05, 0) is 44.7 Å². The fourth-order valence-electron chi connectivity index (χ4n) is 1.99. The van der Waals surface area contributed by atoms with Gasteiger partial charge in [-0.25, -0.2) is 13.1 Å². The first-order chi connectivity index (χ1) is 9.92. The first-order valence-corrected chi connectivity index (χ1v) is 9.67. The third-order valence-electron chi connectivity index (χ3n) is 2.98. The minimum Gasteiger partial charge on any atom is -0.377 e. The first kappa shape index (κ1) is 18.6. The Bertz CT molecular complexity index is 526. The number of ether oxygens (including phenoxy) is 1. The van der Waals surface area contributed by atoms with Gasteiger partial charge in [0.15, 0.2) is 0 Å². The lowest BCUT2D eigenvalue weighted by molar-refractivity contribution is 0.0799. The van der Waals surface area contributed by atoms with Crippen molar-refractivity contribution in [2.75, 3.05) is 19.7 Å². The van der Waals surface area contributed by atoms with Crippen LogP contribution in [0.5, 0.6) is 0 Å². The maximum absolute atomic E-state index is 12.5. The molecule has 7 heteroatoms. The van der Waals surface area contributed by atoms with Gasteiger partial charge >= 0.3 is 0 Å². The first-order valence-electron chi connectivity index (χ1n) is 7.31. The Hall–Kier alpha value is -0.470. The minimum atomic E-state index is -3.49. The molecule has 0 aliphatic carbocycles. The van der Waals surface area contributed by atoms with E-state index in [1.165, 1.54) is 11.3 Å². The fraction of sp³-hybridized carbons (Fsp3) is 0.714. The number of rotatable bonds is 10. The summed E-state index contributed by atoms with van der Waals surface area (Å²) < 4.78 is 33.0. The molecular weight excluding hydrogens is 308 g/mol. The van der Waals surface area contributed by atoms with Gasteiger partial charge in [0, 0.05) is 24.6 Å². The highest BCUT2D eigenvalue weighted by molar-refractivity contribution is 7.89. The van der Waals surface area contributed by atoms with Crippen molar-refractivity contribution in [2.24, 2.45) is 0 Å². The monoisotopic (exact) mass is 334 g/mol. The summed E-state index contributed by atoms with van der Waals surface area (Å²) >= 11 is 1.49. The molecule has 0 fully saturated rings. The molecule has 21 heavy (non-hydrogen) atoms. The lowest BCUT2D eigenvalue weighted by Crippen LogP contribution is -2.33. The SMILES string of the molecule is CCCNCc1scc(C)c1S(=O)(=O)NCC(C)OCC. The van der Waals surface area contributed by atoms with Crippen molar-refractivity contribution in [1.29, 1.82) is 0 Å². The van der Waals surface area contributed by atoms with E-state index >= 15 is 0 Å². The molecule has 0 aliphatic heterocycles. The standard InChI is InChI=1S/C14H26N2O3S2/c1-5-7-15-9-13-14(11(3)10-20-13)21(17,18)16-8-12(4)19-6-2/h10,12,15-16H,5-9H2,1-4H3. The van der Waals surface area contributed by atoms with Crippen LogP contribution < -0.4 is 10.0 Å². The van der Waals surface area contributed by atoms with Crippen LogP contribution in [0.15, 0.2) is 10.3 Å². The van der Waals surface area contributed by atoms with Crippen LogP contribution in [-0.2, 0) is 21.3 Å². The Kier molecular flexibility index (Phi) is 7.83. The van der Waals surface area contributed by atoms with E-state index in [1.807, 2.05) is 26.2 Å². The Morgan fingerprint density at radius 3 is 2.71 bits per heavy atom. The van der Waals surface area contributed by atoms with Crippen LogP contribution >= 0.6 is 11.3 Å². The number of hydrogen-bond acceptors (Lipinski definition) is 5. The van der Waals surface area contributed by atoms with Gasteiger partial charge in [-0.3, -0.25) is 0 Å². The Labute approximate surface area is 132 Å². The van der Waals surface area contributed by atoms with Crippen LogP contribution in [0.4, 0.5) is 0 Å². The van der Waals surface area contributed by atoms with Gasteiger partial charge < -0.3 is 10.1 Å².